The second-order valence-electron chi connectivity index (χ2n) is 5.30. The molecule has 0 saturated carbocycles. The highest BCUT2D eigenvalue weighted by atomic mass is 32.2. The van der Waals surface area contributed by atoms with Crippen LogP contribution in [0.1, 0.15) is 24.5 Å². The van der Waals surface area contributed by atoms with Gasteiger partial charge >= 0.3 is 0 Å². The van der Waals surface area contributed by atoms with Crippen molar-refractivity contribution < 1.29 is 8.42 Å². The van der Waals surface area contributed by atoms with Crippen LogP contribution in [0.5, 0.6) is 0 Å². The molecule has 0 spiro atoms. The predicted molar refractivity (Wildman–Crippen MR) is 86.1 cm³/mol. The number of anilines is 1. The van der Waals surface area contributed by atoms with Crippen LogP contribution in [0.25, 0.3) is 0 Å². The van der Waals surface area contributed by atoms with Crippen LogP contribution >= 0.6 is 11.3 Å². The van der Waals surface area contributed by atoms with E-state index in [9.17, 15) is 8.42 Å². The molecule has 0 amide bonds. The number of thiophene rings is 1. The number of rotatable bonds is 3. The molecule has 21 heavy (non-hydrogen) atoms. The molecule has 0 aliphatic carbocycles. The first-order chi connectivity index (χ1) is 10.0. The van der Waals surface area contributed by atoms with Crippen molar-refractivity contribution in [3.05, 3.63) is 46.8 Å². The average Bonchev–Trinajstić information content (AvgIpc) is 2.96. The van der Waals surface area contributed by atoms with Gasteiger partial charge in [-0.3, -0.25) is 4.31 Å². The van der Waals surface area contributed by atoms with Crippen LogP contribution in [0, 0.1) is 0 Å². The van der Waals surface area contributed by atoms with E-state index in [1.165, 1.54) is 11.3 Å². The zero-order valence-electron chi connectivity index (χ0n) is 11.8. The van der Waals surface area contributed by atoms with Crippen molar-refractivity contribution in [3.8, 4) is 0 Å². The molecule has 0 fully saturated rings. The first-order valence-corrected chi connectivity index (χ1v) is 9.26. The maximum absolute atomic E-state index is 13.0. The van der Waals surface area contributed by atoms with Gasteiger partial charge in [-0.1, -0.05) is 18.2 Å². The maximum Gasteiger partial charge on any atom is 0.274 e. The van der Waals surface area contributed by atoms with Crippen LogP contribution in [-0.2, 0) is 23.0 Å². The lowest BCUT2D eigenvalue weighted by molar-refractivity contribution is 0.565. The van der Waals surface area contributed by atoms with Gasteiger partial charge in [0.25, 0.3) is 10.0 Å². The van der Waals surface area contributed by atoms with Gasteiger partial charge in [0.2, 0.25) is 0 Å². The molecule has 2 heterocycles. The molecule has 0 saturated heterocycles. The zero-order chi connectivity index (χ0) is 15.0. The van der Waals surface area contributed by atoms with Gasteiger partial charge in [-0.2, -0.15) is 0 Å². The number of aryl methyl sites for hydroxylation is 1. The molecule has 1 aliphatic heterocycles. The standard InChI is InChI=1S/C15H18N2O2S2/c1-11-6-7-13-4-2-3-5-14(13)17(11)21(18,19)15-8-12(9-16)10-20-15/h2-5,8,10-11H,6-7,9,16H2,1H3. The summed E-state index contributed by atoms with van der Waals surface area (Å²) < 4.78 is 27.9. The molecule has 1 aliphatic rings. The minimum absolute atomic E-state index is 0.0340. The van der Waals surface area contributed by atoms with Gasteiger partial charge in [0, 0.05) is 12.6 Å². The Balaban J connectivity index is 2.09. The summed E-state index contributed by atoms with van der Waals surface area (Å²) in [4.78, 5) is 0. The Morgan fingerprint density at radius 3 is 2.86 bits per heavy atom. The molecular weight excluding hydrogens is 304 g/mol. The Morgan fingerprint density at radius 1 is 1.38 bits per heavy atom. The van der Waals surface area contributed by atoms with Crippen LogP contribution in [0.3, 0.4) is 0 Å². The first-order valence-electron chi connectivity index (χ1n) is 6.94. The number of sulfonamides is 1. The number of hydrogen-bond donors (Lipinski definition) is 1. The van der Waals surface area contributed by atoms with Gasteiger partial charge in [-0.15, -0.1) is 11.3 Å². The fourth-order valence-electron chi connectivity index (χ4n) is 2.72. The van der Waals surface area contributed by atoms with Gasteiger partial charge < -0.3 is 5.73 Å². The summed E-state index contributed by atoms with van der Waals surface area (Å²) in [6.45, 7) is 2.32. The Bertz CT molecular complexity index is 753. The van der Waals surface area contributed by atoms with Gasteiger partial charge in [0.1, 0.15) is 4.21 Å². The van der Waals surface area contributed by atoms with Crippen LogP contribution in [0.2, 0.25) is 0 Å². The number of nitrogens with two attached hydrogens (primary N) is 1. The van der Waals surface area contributed by atoms with Crippen LogP contribution < -0.4 is 10.0 Å². The minimum atomic E-state index is -3.52. The normalized spacial score (nSPS) is 18.6. The quantitative estimate of drug-likeness (QED) is 0.945. The predicted octanol–water partition coefficient (Wildman–Crippen LogP) is 2.74. The van der Waals surface area contributed by atoms with Crippen molar-refractivity contribution in [1.29, 1.82) is 0 Å². The van der Waals surface area contributed by atoms with Crippen molar-refractivity contribution in [2.45, 2.75) is 36.6 Å². The van der Waals surface area contributed by atoms with Gasteiger partial charge in [0.15, 0.2) is 0 Å². The fraction of sp³-hybridized carbons (Fsp3) is 0.333. The minimum Gasteiger partial charge on any atom is -0.326 e. The van der Waals surface area contributed by atoms with Crippen molar-refractivity contribution in [3.63, 3.8) is 0 Å². The molecule has 1 aromatic carbocycles. The van der Waals surface area contributed by atoms with E-state index in [-0.39, 0.29) is 6.04 Å². The summed E-state index contributed by atoms with van der Waals surface area (Å²) in [7, 11) is -3.52. The van der Waals surface area contributed by atoms with Crippen molar-refractivity contribution >= 4 is 27.0 Å². The highest BCUT2D eigenvalue weighted by molar-refractivity contribution is 7.94. The Kier molecular flexibility index (Phi) is 3.77. The molecule has 1 aromatic heterocycles. The van der Waals surface area contributed by atoms with Crippen molar-refractivity contribution in [2.75, 3.05) is 4.31 Å². The Labute approximate surface area is 129 Å². The van der Waals surface area contributed by atoms with E-state index in [1.807, 2.05) is 36.6 Å². The molecule has 2 N–H and O–H groups in total. The van der Waals surface area contributed by atoms with E-state index in [0.29, 0.717) is 10.8 Å². The SMILES string of the molecule is CC1CCc2ccccc2N1S(=O)(=O)c1cc(CN)cs1. The third-order valence-corrected chi connectivity index (χ3v) is 7.23. The summed E-state index contributed by atoms with van der Waals surface area (Å²) in [5, 5.41) is 1.81. The number of benzene rings is 1. The average molecular weight is 322 g/mol. The third-order valence-electron chi connectivity index (χ3n) is 3.84. The van der Waals surface area contributed by atoms with Crippen molar-refractivity contribution in [1.82, 2.24) is 0 Å². The molecular formula is C15H18N2O2S2. The smallest absolute Gasteiger partial charge is 0.274 e. The van der Waals surface area contributed by atoms with Gasteiger partial charge in [-0.25, -0.2) is 8.42 Å². The summed E-state index contributed by atoms with van der Waals surface area (Å²) in [5.74, 6) is 0. The van der Waals surface area contributed by atoms with Gasteiger partial charge in [0.05, 0.1) is 5.69 Å². The van der Waals surface area contributed by atoms with E-state index in [0.717, 1.165) is 29.7 Å². The molecule has 0 bridgehead atoms. The summed E-state index contributed by atoms with van der Waals surface area (Å²) >= 11 is 1.24. The van der Waals surface area contributed by atoms with E-state index in [2.05, 4.69) is 0 Å². The van der Waals surface area contributed by atoms with E-state index < -0.39 is 10.0 Å². The molecule has 112 valence electrons. The monoisotopic (exact) mass is 322 g/mol. The fourth-order valence-corrected chi connectivity index (χ4v) is 5.75. The summed E-state index contributed by atoms with van der Waals surface area (Å²) in [6, 6.07) is 9.39. The first kappa shape index (κ1) is 14.6. The van der Waals surface area contributed by atoms with E-state index in [4.69, 9.17) is 5.73 Å². The van der Waals surface area contributed by atoms with Gasteiger partial charge in [-0.05, 0) is 48.4 Å². The molecule has 3 rings (SSSR count). The second kappa shape index (κ2) is 5.44. The summed E-state index contributed by atoms with van der Waals surface area (Å²) in [6.07, 6.45) is 1.76. The number of fused-ring (bicyclic) bond motifs is 1. The van der Waals surface area contributed by atoms with Crippen LogP contribution in [-0.4, -0.2) is 14.5 Å². The number of para-hydroxylation sites is 1. The molecule has 0 radical (unpaired) electrons. The molecule has 1 unspecified atom stereocenters. The topological polar surface area (TPSA) is 63.4 Å². The number of nitrogens with zero attached hydrogens (tertiary/aromatic N) is 1. The van der Waals surface area contributed by atoms with Crippen LogP contribution in [0.15, 0.2) is 39.9 Å². The zero-order valence-corrected chi connectivity index (χ0v) is 13.5. The highest BCUT2D eigenvalue weighted by Crippen LogP contribution is 2.36. The highest BCUT2D eigenvalue weighted by Gasteiger charge is 2.34. The van der Waals surface area contributed by atoms with E-state index >= 15 is 0 Å². The maximum atomic E-state index is 13.0. The Morgan fingerprint density at radius 2 is 2.14 bits per heavy atom. The molecule has 2 aromatic rings. The van der Waals surface area contributed by atoms with Crippen molar-refractivity contribution in [2.24, 2.45) is 5.73 Å². The lowest BCUT2D eigenvalue weighted by Gasteiger charge is -2.35. The molecule has 6 heteroatoms. The molecule has 4 nitrogen and oxygen atoms in total. The van der Waals surface area contributed by atoms with E-state index in [1.54, 1.807) is 10.4 Å². The second-order valence-corrected chi connectivity index (χ2v) is 8.25. The van der Waals surface area contributed by atoms with Crippen LogP contribution in [0.4, 0.5) is 5.69 Å². The molecule has 1 atom stereocenters. The summed E-state index contributed by atoms with van der Waals surface area (Å²) in [5.41, 5.74) is 8.34. The Hall–Kier alpha value is -1.37. The number of hydrogen-bond acceptors (Lipinski definition) is 4. The largest absolute Gasteiger partial charge is 0.326 e. The lowest BCUT2D eigenvalue weighted by Crippen LogP contribution is -2.41. The third kappa shape index (κ3) is 2.47. The lowest BCUT2D eigenvalue weighted by atomic mass is 9.99.